The first kappa shape index (κ1) is 15.9. The molecule has 1 fully saturated rings. The first-order chi connectivity index (χ1) is 8.79. The summed E-state index contributed by atoms with van der Waals surface area (Å²) in [5, 5.41) is 7.80. The lowest BCUT2D eigenvalue weighted by Gasteiger charge is -2.32. The quantitative estimate of drug-likeness (QED) is 0.803. The number of hydrogen-bond donors (Lipinski definition) is 1. The lowest BCUT2D eigenvalue weighted by atomic mass is 10.1. The fourth-order valence-corrected chi connectivity index (χ4v) is 4.09. The number of rotatable bonds is 5. The predicted octanol–water partition coefficient (Wildman–Crippen LogP) is 0.665. The highest BCUT2D eigenvalue weighted by Gasteiger charge is 2.38. The molecule has 0 aromatic rings. The van der Waals surface area contributed by atoms with Gasteiger partial charge in [-0.2, -0.15) is 0 Å². The van der Waals surface area contributed by atoms with Crippen LogP contribution in [0.5, 0.6) is 0 Å². The molecule has 110 valence electrons. The minimum absolute atomic E-state index is 0.0187. The molecule has 0 bridgehead atoms. The van der Waals surface area contributed by atoms with Crippen LogP contribution in [0.25, 0.3) is 0 Å². The largest absolute Gasteiger partial charge is 0.480 e. The van der Waals surface area contributed by atoms with Crippen molar-refractivity contribution in [1.29, 1.82) is 0 Å². The molecule has 1 N–H and O–H groups in total. The van der Waals surface area contributed by atoms with Crippen molar-refractivity contribution in [2.75, 3.05) is 12.3 Å². The molecule has 7 heteroatoms. The summed E-state index contributed by atoms with van der Waals surface area (Å²) in [4.78, 5) is 24.3. The molecule has 19 heavy (non-hydrogen) atoms. The Morgan fingerprint density at radius 3 is 2.47 bits per heavy atom. The molecule has 0 spiro atoms. The van der Waals surface area contributed by atoms with Gasteiger partial charge in [0.2, 0.25) is 5.91 Å². The van der Waals surface area contributed by atoms with Crippen molar-refractivity contribution < 1.29 is 23.1 Å². The summed E-state index contributed by atoms with van der Waals surface area (Å²) in [6, 6.07) is -0.277. The molecule has 1 amide bonds. The molecule has 6 nitrogen and oxygen atoms in total. The number of amides is 1. The van der Waals surface area contributed by atoms with E-state index in [4.69, 9.17) is 5.11 Å². The van der Waals surface area contributed by atoms with Gasteiger partial charge in [-0.1, -0.05) is 13.3 Å². The molecule has 0 saturated carbocycles. The van der Waals surface area contributed by atoms with Gasteiger partial charge in [0.25, 0.3) is 0 Å². The van der Waals surface area contributed by atoms with Crippen LogP contribution in [-0.2, 0) is 19.4 Å². The second kappa shape index (κ2) is 6.36. The number of aliphatic carboxylic acids is 1. The molecule has 1 aliphatic heterocycles. The molecule has 1 rings (SSSR count). The summed E-state index contributed by atoms with van der Waals surface area (Å²) < 4.78 is 23.9. The summed E-state index contributed by atoms with van der Waals surface area (Å²) in [5.41, 5.74) is 0. The zero-order valence-electron chi connectivity index (χ0n) is 11.3. The molecular formula is C12H21NO5S. The average molecular weight is 291 g/mol. The smallest absolute Gasteiger partial charge is 0.323 e. The Hall–Kier alpha value is -1.11. The Morgan fingerprint density at radius 2 is 2.00 bits per heavy atom. The zero-order valence-corrected chi connectivity index (χ0v) is 12.1. The third kappa shape index (κ3) is 3.92. The maximum atomic E-state index is 12.3. The van der Waals surface area contributed by atoms with Gasteiger partial charge in [-0.25, -0.2) is 8.42 Å². The van der Waals surface area contributed by atoms with Crippen molar-refractivity contribution in [2.45, 2.75) is 50.8 Å². The Kier molecular flexibility index (Phi) is 5.34. The third-order valence-electron chi connectivity index (χ3n) is 3.57. The highest BCUT2D eigenvalue weighted by molar-refractivity contribution is 7.92. The van der Waals surface area contributed by atoms with E-state index in [1.54, 1.807) is 6.92 Å². The second-order valence-electron chi connectivity index (χ2n) is 4.97. The van der Waals surface area contributed by atoms with Gasteiger partial charge in [0.15, 0.2) is 9.84 Å². The van der Waals surface area contributed by atoms with Crippen molar-refractivity contribution >= 4 is 21.7 Å². The Balaban J connectivity index is 2.95. The van der Waals surface area contributed by atoms with Gasteiger partial charge < -0.3 is 10.0 Å². The fraction of sp³-hybridized carbons (Fsp3) is 0.833. The highest BCUT2D eigenvalue weighted by Crippen LogP contribution is 2.22. The van der Waals surface area contributed by atoms with E-state index in [2.05, 4.69) is 0 Å². The van der Waals surface area contributed by atoms with Crippen molar-refractivity contribution in [1.82, 2.24) is 4.90 Å². The number of carbonyl (C=O) groups is 2. The van der Waals surface area contributed by atoms with Crippen molar-refractivity contribution in [3.63, 3.8) is 0 Å². The van der Waals surface area contributed by atoms with Crippen LogP contribution < -0.4 is 0 Å². The van der Waals surface area contributed by atoms with E-state index in [-0.39, 0.29) is 11.8 Å². The maximum absolute atomic E-state index is 12.3. The molecular weight excluding hydrogens is 270 g/mol. The van der Waals surface area contributed by atoms with Gasteiger partial charge in [0, 0.05) is 6.04 Å². The first-order valence-electron chi connectivity index (χ1n) is 6.53. The Bertz CT molecular complexity index is 445. The summed E-state index contributed by atoms with van der Waals surface area (Å²) in [6.45, 7) is 3.12. The molecule has 0 aliphatic carbocycles. The van der Waals surface area contributed by atoms with E-state index >= 15 is 0 Å². The van der Waals surface area contributed by atoms with Gasteiger partial charge >= 0.3 is 5.97 Å². The fourth-order valence-electron chi connectivity index (χ4n) is 2.23. The minimum Gasteiger partial charge on any atom is -0.480 e. The lowest BCUT2D eigenvalue weighted by molar-refractivity contribution is -0.146. The maximum Gasteiger partial charge on any atom is 0.323 e. The zero-order chi connectivity index (χ0) is 14.6. The molecule has 2 atom stereocenters. The van der Waals surface area contributed by atoms with Crippen molar-refractivity contribution in [3.05, 3.63) is 0 Å². The van der Waals surface area contributed by atoms with E-state index in [1.165, 1.54) is 4.90 Å². The molecule has 0 radical (unpaired) electrons. The standard InChI is InChI=1S/C12H21NO5S/c1-3-9(2)13(8-11(14)15)12(16)10-6-4-5-7-19(10,17)18/h9-10H,3-8H2,1-2H3,(H,14,15). The Labute approximate surface area is 113 Å². The van der Waals surface area contributed by atoms with Gasteiger partial charge in [0.05, 0.1) is 5.75 Å². The highest BCUT2D eigenvalue weighted by atomic mass is 32.2. The normalized spacial score (nSPS) is 23.6. The SMILES string of the molecule is CCC(C)N(CC(=O)O)C(=O)C1CCCCS1(=O)=O. The van der Waals surface area contributed by atoms with E-state index in [9.17, 15) is 18.0 Å². The molecule has 0 aromatic heterocycles. The van der Waals surface area contributed by atoms with E-state index in [0.29, 0.717) is 25.7 Å². The Morgan fingerprint density at radius 1 is 1.37 bits per heavy atom. The van der Waals surface area contributed by atoms with Crippen molar-refractivity contribution in [2.24, 2.45) is 0 Å². The van der Waals surface area contributed by atoms with Gasteiger partial charge in [0.1, 0.15) is 11.8 Å². The van der Waals surface area contributed by atoms with Gasteiger partial charge in [-0.15, -0.1) is 0 Å². The summed E-state index contributed by atoms with van der Waals surface area (Å²) in [6.07, 6.45) is 2.16. The topological polar surface area (TPSA) is 91.8 Å². The second-order valence-corrected chi connectivity index (χ2v) is 7.27. The summed E-state index contributed by atoms with van der Waals surface area (Å²) in [5.74, 6) is -1.66. The van der Waals surface area contributed by atoms with Crippen LogP contribution in [0.1, 0.15) is 39.5 Å². The van der Waals surface area contributed by atoms with E-state index in [0.717, 1.165) is 0 Å². The van der Waals surface area contributed by atoms with E-state index < -0.39 is 33.5 Å². The van der Waals surface area contributed by atoms with Crippen LogP contribution in [0.3, 0.4) is 0 Å². The number of nitrogens with zero attached hydrogens (tertiary/aromatic N) is 1. The van der Waals surface area contributed by atoms with Crippen LogP contribution in [0.15, 0.2) is 0 Å². The van der Waals surface area contributed by atoms with Crippen LogP contribution in [0, 0.1) is 0 Å². The van der Waals surface area contributed by atoms with Crippen LogP contribution in [0.4, 0.5) is 0 Å². The number of carboxylic acids is 1. The molecule has 2 unspecified atom stereocenters. The van der Waals surface area contributed by atoms with Crippen LogP contribution >= 0.6 is 0 Å². The van der Waals surface area contributed by atoms with E-state index in [1.807, 2.05) is 6.92 Å². The van der Waals surface area contributed by atoms with Gasteiger partial charge in [-0.05, 0) is 26.2 Å². The first-order valence-corrected chi connectivity index (χ1v) is 8.25. The molecule has 1 saturated heterocycles. The number of sulfone groups is 1. The number of hydrogen-bond acceptors (Lipinski definition) is 4. The molecule has 0 aromatic carbocycles. The third-order valence-corrected chi connectivity index (χ3v) is 5.73. The molecule has 1 aliphatic rings. The van der Waals surface area contributed by atoms with Crippen LogP contribution in [-0.4, -0.2) is 53.9 Å². The monoisotopic (exact) mass is 291 g/mol. The predicted molar refractivity (Wildman–Crippen MR) is 70.5 cm³/mol. The number of carboxylic acid groups (broad SMARTS) is 1. The average Bonchev–Trinajstić information content (AvgIpc) is 2.33. The number of carbonyl (C=O) groups excluding carboxylic acids is 1. The van der Waals surface area contributed by atoms with Crippen molar-refractivity contribution in [3.8, 4) is 0 Å². The van der Waals surface area contributed by atoms with Gasteiger partial charge in [-0.3, -0.25) is 9.59 Å². The van der Waals surface area contributed by atoms with Crippen LogP contribution in [0.2, 0.25) is 0 Å². The summed E-state index contributed by atoms with van der Waals surface area (Å²) in [7, 11) is -3.43. The lowest BCUT2D eigenvalue weighted by Crippen LogP contribution is -2.50. The summed E-state index contributed by atoms with van der Waals surface area (Å²) >= 11 is 0. The molecule has 1 heterocycles. The minimum atomic E-state index is -3.43.